The lowest BCUT2D eigenvalue weighted by Crippen LogP contribution is -2.13. The van der Waals surface area contributed by atoms with Crippen LogP contribution in [0.1, 0.15) is 16.1 Å². The fraction of sp³-hybridized carbons (Fsp3) is 0.0588. The van der Waals surface area contributed by atoms with Gasteiger partial charge >= 0.3 is 0 Å². The maximum Gasteiger partial charge on any atom is 0.260 e. The van der Waals surface area contributed by atoms with Crippen LogP contribution in [0.2, 0.25) is 0 Å². The van der Waals surface area contributed by atoms with E-state index in [0.717, 1.165) is 16.6 Å². The topological polar surface area (TPSA) is 72.7 Å². The first-order chi connectivity index (χ1) is 11.7. The molecule has 3 heterocycles. The molecule has 0 aliphatic rings. The Labute approximate surface area is 141 Å². The minimum atomic E-state index is -0.227. The number of pyridine rings is 1. The van der Waals surface area contributed by atoms with Gasteiger partial charge in [-0.3, -0.25) is 10.1 Å². The van der Waals surface area contributed by atoms with Crippen molar-refractivity contribution in [2.45, 2.75) is 6.92 Å². The van der Waals surface area contributed by atoms with E-state index in [1.54, 1.807) is 17.1 Å². The minimum absolute atomic E-state index is 0.227. The van der Waals surface area contributed by atoms with E-state index in [-0.39, 0.29) is 5.91 Å². The predicted octanol–water partition coefficient (Wildman–Crippen LogP) is 3.44. The summed E-state index contributed by atoms with van der Waals surface area (Å²) in [4.78, 5) is 21.0. The van der Waals surface area contributed by atoms with Crippen molar-refractivity contribution in [3.8, 4) is 5.82 Å². The molecule has 0 unspecified atom stereocenters. The van der Waals surface area contributed by atoms with E-state index in [1.165, 1.54) is 11.3 Å². The smallest absolute Gasteiger partial charge is 0.260 e. The van der Waals surface area contributed by atoms with Crippen molar-refractivity contribution in [2.75, 3.05) is 5.32 Å². The number of benzene rings is 1. The van der Waals surface area contributed by atoms with Crippen molar-refractivity contribution in [2.24, 2.45) is 0 Å². The lowest BCUT2D eigenvalue weighted by atomic mass is 10.2. The highest BCUT2D eigenvalue weighted by atomic mass is 32.1. The fourth-order valence-electron chi connectivity index (χ4n) is 2.49. The number of carbonyl (C=O) groups excluding carboxylic acids is 1. The molecular weight excluding hydrogens is 322 g/mol. The summed E-state index contributed by atoms with van der Waals surface area (Å²) < 4.78 is 1.67. The molecule has 24 heavy (non-hydrogen) atoms. The molecule has 4 aromatic rings. The normalized spacial score (nSPS) is 10.9. The van der Waals surface area contributed by atoms with E-state index >= 15 is 0 Å². The van der Waals surface area contributed by atoms with Crippen LogP contribution in [0.25, 0.3) is 16.7 Å². The first-order valence-electron chi connectivity index (χ1n) is 7.34. The number of nitrogens with one attached hydrogen (secondary N) is 1. The number of thiazole rings is 1. The number of nitrogens with zero attached hydrogens (tertiary/aromatic N) is 4. The van der Waals surface area contributed by atoms with Crippen LogP contribution in [0.5, 0.6) is 0 Å². The molecule has 6 nitrogen and oxygen atoms in total. The summed E-state index contributed by atoms with van der Waals surface area (Å²) in [7, 11) is 0. The number of para-hydroxylation sites is 1. The van der Waals surface area contributed by atoms with Gasteiger partial charge in [-0.2, -0.15) is 5.10 Å². The second-order valence-corrected chi connectivity index (χ2v) is 6.10. The van der Waals surface area contributed by atoms with Crippen LogP contribution < -0.4 is 5.32 Å². The molecule has 1 aromatic carbocycles. The summed E-state index contributed by atoms with van der Waals surface area (Å²) >= 11 is 1.37. The molecule has 0 atom stereocenters. The number of fused-ring (bicyclic) bond motifs is 1. The lowest BCUT2D eigenvalue weighted by molar-refractivity contribution is 0.102. The molecule has 0 aliphatic heterocycles. The standard InChI is InChI=1S/C17H13N5OS/c1-11-13(16(23)21-17-18-8-9-24-17)10-19-22(11)15-7-6-12-4-2-3-5-14(12)20-15/h2-10H,1H3,(H,18,21,23). The fourth-order valence-corrected chi connectivity index (χ4v) is 3.01. The molecule has 0 saturated heterocycles. The highest BCUT2D eigenvalue weighted by molar-refractivity contribution is 7.13. The minimum Gasteiger partial charge on any atom is -0.298 e. The molecule has 0 aliphatic carbocycles. The second kappa shape index (κ2) is 5.86. The van der Waals surface area contributed by atoms with Crippen molar-refractivity contribution in [3.63, 3.8) is 0 Å². The third-order valence-corrected chi connectivity index (χ3v) is 4.40. The SMILES string of the molecule is Cc1c(C(=O)Nc2nccs2)cnn1-c1ccc2ccccc2n1. The van der Waals surface area contributed by atoms with Crippen molar-refractivity contribution in [1.82, 2.24) is 19.7 Å². The quantitative estimate of drug-likeness (QED) is 0.622. The highest BCUT2D eigenvalue weighted by Crippen LogP contribution is 2.18. The predicted molar refractivity (Wildman–Crippen MR) is 93.7 cm³/mol. The Morgan fingerprint density at radius 2 is 2.08 bits per heavy atom. The van der Waals surface area contributed by atoms with Gasteiger partial charge in [0, 0.05) is 17.0 Å². The van der Waals surface area contributed by atoms with Crippen LogP contribution in [-0.2, 0) is 0 Å². The molecule has 4 rings (SSSR count). The van der Waals surface area contributed by atoms with Gasteiger partial charge in [0.1, 0.15) is 0 Å². The maximum atomic E-state index is 12.4. The molecule has 3 aromatic heterocycles. The van der Waals surface area contributed by atoms with Gasteiger partial charge in [0.2, 0.25) is 0 Å². The zero-order chi connectivity index (χ0) is 16.5. The van der Waals surface area contributed by atoms with E-state index in [1.807, 2.05) is 48.7 Å². The molecule has 0 fully saturated rings. The zero-order valence-electron chi connectivity index (χ0n) is 12.8. The Morgan fingerprint density at radius 1 is 1.21 bits per heavy atom. The number of anilines is 1. The first kappa shape index (κ1) is 14.5. The van der Waals surface area contributed by atoms with Gasteiger partial charge < -0.3 is 0 Å². The summed E-state index contributed by atoms with van der Waals surface area (Å²) in [5.41, 5.74) is 2.12. The number of amides is 1. The number of carbonyl (C=O) groups is 1. The Balaban J connectivity index is 1.69. The van der Waals surface area contributed by atoms with Crippen LogP contribution in [0.15, 0.2) is 54.2 Å². The van der Waals surface area contributed by atoms with Gasteiger partial charge in [0.05, 0.1) is 23.0 Å². The van der Waals surface area contributed by atoms with Gasteiger partial charge in [-0.25, -0.2) is 14.6 Å². The molecule has 0 radical (unpaired) electrons. The monoisotopic (exact) mass is 335 g/mol. The van der Waals surface area contributed by atoms with Gasteiger partial charge in [-0.05, 0) is 25.1 Å². The summed E-state index contributed by atoms with van der Waals surface area (Å²) in [6, 6.07) is 11.8. The number of aromatic nitrogens is 4. The Hall–Kier alpha value is -3.06. The largest absolute Gasteiger partial charge is 0.298 e. The van der Waals surface area contributed by atoms with Crippen LogP contribution in [0.4, 0.5) is 5.13 Å². The molecular formula is C17H13N5OS. The van der Waals surface area contributed by atoms with Crippen molar-refractivity contribution in [1.29, 1.82) is 0 Å². The van der Waals surface area contributed by atoms with Crippen molar-refractivity contribution >= 4 is 33.3 Å². The van der Waals surface area contributed by atoms with Crippen LogP contribution >= 0.6 is 11.3 Å². The number of hydrogen-bond acceptors (Lipinski definition) is 5. The third-order valence-electron chi connectivity index (χ3n) is 3.71. The van der Waals surface area contributed by atoms with E-state index in [9.17, 15) is 4.79 Å². The third kappa shape index (κ3) is 2.55. The summed E-state index contributed by atoms with van der Waals surface area (Å²) in [6.45, 7) is 1.85. The van der Waals surface area contributed by atoms with Gasteiger partial charge in [0.25, 0.3) is 5.91 Å². The molecule has 0 bridgehead atoms. The van der Waals surface area contributed by atoms with Crippen molar-refractivity contribution in [3.05, 3.63) is 65.4 Å². The van der Waals surface area contributed by atoms with Gasteiger partial charge in [0.15, 0.2) is 10.9 Å². The second-order valence-electron chi connectivity index (χ2n) is 5.21. The van der Waals surface area contributed by atoms with Gasteiger partial charge in [-0.1, -0.05) is 18.2 Å². The maximum absolute atomic E-state index is 12.4. The summed E-state index contributed by atoms with van der Waals surface area (Å²) in [5, 5.41) is 10.5. The molecule has 0 spiro atoms. The van der Waals surface area contributed by atoms with Gasteiger partial charge in [-0.15, -0.1) is 11.3 Å². The average molecular weight is 335 g/mol. The summed E-state index contributed by atoms with van der Waals surface area (Å²) in [6.07, 6.45) is 3.20. The summed E-state index contributed by atoms with van der Waals surface area (Å²) in [5.74, 6) is 0.453. The molecule has 7 heteroatoms. The van der Waals surface area contributed by atoms with Crippen LogP contribution in [0, 0.1) is 6.92 Å². The number of rotatable bonds is 3. The Bertz CT molecular complexity index is 1020. The van der Waals surface area contributed by atoms with Crippen LogP contribution in [0.3, 0.4) is 0 Å². The van der Waals surface area contributed by atoms with Crippen LogP contribution in [-0.4, -0.2) is 25.7 Å². The lowest BCUT2D eigenvalue weighted by Gasteiger charge is -2.06. The number of hydrogen-bond donors (Lipinski definition) is 1. The molecule has 0 saturated carbocycles. The van der Waals surface area contributed by atoms with E-state index in [0.29, 0.717) is 16.5 Å². The molecule has 1 N–H and O–H groups in total. The van der Waals surface area contributed by atoms with E-state index in [4.69, 9.17) is 0 Å². The Morgan fingerprint density at radius 3 is 2.92 bits per heavy atom. The highest BCUT2D eigenvalue weighted by Gasteiger charge is 2.16. The van der Waals surface area contributed by atoms with E-state index in [2.05, 4.69) is 20.4 Å². The molecule has 118 valence electrons. The van der Waals surface area contributed by atoms with E-state index < -0.39 is 0 Å². The van der Waals surface area contributed by atoms with Crippen molar-refractivity contribution < 1.29 is 4.79 Å². The zero-order valence-corrected chi connectivity index (χ0v) is 13.6. The molecule has 1 amide bonds. The first-order valence-corrected chi connectivity index (χ1v) is 8.22. The average Bonchev–Trinajstić information content (AvgIpc) is 3.24. The Kier molecular flexibility index (Phi) is 3.55.